The first kappa shape index (κ1) is 21.5. The van der Waals surface area contributed by atoms with Crippen LogP contribution in [0.1, 0.15) is 25.0 Å². The van der Waals surface area contributed by atoms with E-state index in [1.165, 1.54) is 0 Å². The first-order chi connectivity index (χ1) is 12.2. The first-order valence-corrected chi connectivity index (χ1v) is 9.41. The van der Waals surface area contributed by atoms with Crippen LogP contribution in [-0.2, 0) is 0 Å². The molecule has 0 aromatic heterocycles. The van der Waals surface area contributed by atoms with E-state index in [1.807, 2.05) is 18.2 Å². The fourth-order valence-electron chi connectivity index (χ4n) is 3.44. The molecule has 1 aromatic carbocycles. The number of likely N-dealkylation sites (tertiary alicyclic amines) is 1. The molecule has 2 aliphatic heterocycles. The molecule has 1 fully saturated rings. The van der Waals surface area contributed by atoms with Crippen molar-refractivity contribution >= 4 is 41.5 Å². The highest BCUT2D eigenvalue weighted by Gasteiger charge is 2.29. The summed E-state index contributed by atoms with van der Waals surface area (Å²) in [6.07, 6.45) is 4.99. The third-order valence-electron chi connectivity index (χ3n) is 4.81. The maximum Gasteiger partial charge on any atom is 0.194 e. The standard InChI is InChI=1S/C19H27ClN4O.HI/c1-2-21-19(22-13-18(25)15-6-5-7-16(20)12-15)24-11-8-17(14-24)23-9-3-4-10-23;/h3-7,12,17-18,25H,2,8-11,13-14H2,1H3,(H,21,22);1H. The first-order valence-electron chi connectivity index (χ1n) is 9.03. The Morgan fingerprint density at radius 3 is 2.85 bits per heavy atom. The normalized spacial score (nSPS) is 21.7. The zero-order valence-electron chi connectivity index (χ0n) is 15.1. The van der Waals surface area contributed by atoms with Crippen molar-refractivity contribution in [3.05, 3.63) is 47.0 Å². The van der Waals surface area contributed by atoms with Crippen LogP contribution in [0.15, 0.2) is 41.4 Å². The van der Waals surface area contributed by atoms with E-state index in [4.69, 9.17) is 11.6 Å². The molecule has 1 aromatic rings. The van der Waals surface area contributed by atoms with Gasteiger partial charge in [-0.1, -0.05) is 35.9 Å². The number of aliphatic hydroxyl groups excluding tert-OH is 1. The zero-order chi connectivity index (χ0) is 17.6. The second-order valence-electron chi connectivity index (χ2n) is 6.58. The van der Waals surface area contributed by atoms with Crippen molar-refractivity contribution in [2.75, 3.05) is 39.3 Å². The molecule has 3 rings (SSSR count). The van der Waals surface area contributed by atoms with Gasteiger partial charge in [0.25, 0.3) is 0 Å². The monoisotopic (exact) mass is 490 g/mol. The van der Waals surface area contributed by atoms with E-state index in [-0.39, 0.29) is 24.0 Å². The van der Waals surface area contributed by atoms with Crippen LogP contribution < -0.4 is 5.32 Å². The molecule has 5 nitrogen and oxygen atoms in total. The fourth-order valence-corrected chi connectivity index (χ4v) is 3.64. The summed E-state index contributed by atoms with van der Waals surface area (Å²) in [7, 11) is 0. The van der Waals surface area contributed by atoms with Gasteiger partial charge in [0, 0.05) is 43.8 Å². The van der Waals surface area contributed by atoms with Gasteiger partial charge in [0.05, 0.1) is 12.6 Å². The summed E-state index contributed by atoms with van der Waals surface area (Å²) >= 11 is 6.01. The summed E-state index contributed by atoms with van der Waals surface area (Å²) in [6.45, 7) is 7.31. The average molecular weight is 491 g/mol. The summed E-state index contributed by atoms with van der Waals surface area (Å²) < 4.78 is 0. The molecule has 0 aliphatic carbocycles. The highest BCUT2D eigenvalue weighted by molar-refractivity contribution is 14.0. The van der Waals surface area contributed by atoms with Crippen LogP contribution in [0.2, 0.25) is 5.02 Å². The van der Waals surface area contributed by atoms with Gasteiger partial charge in [-0.15, -0.1) is 24.0 Å². The third kappa shape index (κ3) is 5.58. The van der Waals surface area contributed by atoms with E-state index in [2.05, 4.69) is 39.2 Å². The molecule has 0 radical (unpaired) electrons. The zero-order valence-corrected chi connectivity index (χ0v) is 18.2. The number of nitrogens with zero attached hydrogens (tertiary/aromatic N) is 3. The summed E-state index contributed by atoms with van der Waals surface area (Å²) in [4.78, 5) is 9.47. The number of benzene rings is 1. The summed E-state index contributed by atoms with van der Waals surface area (Å²) in [5, 5.41) is 14.4. The summed E-state index contributed by atoms with van der Waals surface area (Å²) in [5.41, 5.74) is 0.800. The molecule has 7 heteroatoms. The lowest BCUT2D eigenvalue weighted by Gasteiger charge is -2.25. The Labute approximate surface area is 178 Å². The molecule has 2 N–H and O–H groups in total. The van der Waals surface area contributed by atoms with Crippen LogP contribution in [-0.4, -0.2) is 66.2 Å². The quantitative estimate of drug-likeness (QED) is 0.288. The number of nitrogens with one attached hydrogen (secondary N) is 1. The minimum atomic E-state index is -0.645. The Bertz CT molecular complexity index is 632. The van der Waals surface area contributed by atoms with Crippen molar-refractivity contribution in [1.82, 2.24) is 15.1 Å². The van der Waals surface area contributed by atoms with Gasteiger partial charge in [-0.3, -0.25) is 9.89 Å². The Morgan fingerprint density at radius 2 is 2.15 bits per heavy atom. The largest absolute Gasteiger partial charge is 0.386 e. The Hall–Kier alpha value is -0.830. The molecular weight excluding hydrogens is 463 g/mol. The molecule has 2 unspecified atom stereocenters. The van der Waals surface area contributed by atoms with Gasteiger partial charge in [-0.25, -0.2) is 0 Å². The molecule has 144 valence electrons. The predicted octanol–water partition coefficient (Wildman–Crippen LogP) is 2.90. The van der Waals surface area contributed by atoms with E-state index in [0.717, 1.165) is 50.7 Å². The molecule has 0 saturated carbocycles. The lowest BCUT2D eigenvalue weighted by Crippen LogP contribution is -2.43. The van der Waals surface area contributed by atoms with E-state index in [9.17, 15) is 5.11 Å². The van der Waals surface area contributed by atoms with Crippen molar-refractivity contribution < 1.29 is 5.11 Å². The van der Waals surface area contributed by atoms with E-state index < -0.39 is 6.10 Å². The highest BCUT2D eigenvalue weighted by Crippen LogP contribution is 2.20. The van der Waals surface area contributed by atoms with Gasteiger partial charge in [-0.05, 0) is 31.0 Å². The molecule has 2 heterocycles. The van der Waals surface area contributed by atoms with Crippen molar-refractivity contribution in [2.24, 2.45) is 4.99 Å². The Kier molecular flexibility index (Phi) is 8.66. The molecule has 0 spiro atoms. The number of halogens is 2. The average Bonchev–Trinajstić information content (AvgIpc) is 3.29. The van der Waals surface area contributed by atoms with Crippen molar-refractivity contribution in [1.29, 1.82) is 0 Å². The molecule has 26 heavy (non-hydrogen) atoms. The van der Waals surface area contributed by atoms with Crippen LogP contribution in [0, 0.1) is 0 Å². The maximum absolute atomic E-state index is 10.4. The van der Waals surface area contributed by atoms with Crippen LogP contribution in [0.3, 0.4) is 0 Å². The van der Waals surface area contributed by atoms with Gasteiger partial charge in [0.2, 0.25) is 0 Å². The molecule has 1 saturated heterocycles. The smallest absolute Gasteiger partial charge is 0.194 e. The van der Waals surface area contributed by atoms with E-state index in [0.29, 0.717) is 17.6 Å². The number of hydrogen-bond acceptors (Lipinski definition) is 3. The number of aliphatic imine (C=N–C) groups is 1. The van der Waals surface area contributed by atoms with Crippen molar-refractivity contribution in [3.63, 3.8) is 0 Å². The molecule has 2 aliphatic rings. The van der Waals surface area contributed by atoms with Crippen LogP contribution in [0.4, 0.5) is 0 Å². The Balaban J connectivity index is 0.00000243. The number of hydrogen-bond donors (Lipinski definition) is 2. The molecule has 0 amide bonds. The van der Waals surface area contributed by atoms with Crippen molar-refractivity contribution in [2.45, 2.75) is 25.5 Å². The Morgan fingerprint density at radius 1 is 1.38 bits per heavy atom. The van der Waals surface area contributed by atoms with Gasteiger partial charge in [0.15, 0.2) is 5.96 Å². The van der Waals surface area contributed by atoms with Gasteiger partial charge in [-0.2, -0.15) is 0 Å². The number of rotatable bonds is 5. The second-order valence-corrected chi connectivity index (χ2v) is 7.02. The van der Waals surface area contributed by atoms with Crippen LogP contribution in [0.25, 0.3) is 0 Å². The van der Waals surface area contributed by atoms with Gasteiger partial charge in [0.1, 0.15) is 0 Å². The maximum atomic E-state index is 10.4. The minimum Gasteiger partial charge on any atom is -0.386 e. The summed E-state index contributed by atoms with van der Waals surface area (Å²) in [6, 6.07) is 7.91. The third-order valence-corrected chi connectivity index (χ3v) is 5.04. The van der Waals surface area contributed by atoms with E-state index >= 15 is 0 Å². The number of aliphatic hydroxyl groups is 1. The number of guanidine groups is 1. The highest BCUT2D eigenvalue weighted by atomic mass is 127. The lowest BCUT2D eigenvalue weighted by atomic mass is 10.1. The summed E-state index contributed by atoms with van der Waals surface area (Å²) in [5.74, 6) is 0.887. The topological polar surface area (TPSA) is 51.1 Å². The van der Waals surface area contributed by atoms with Gasteiger partial charge < -0.3 is 15.3 Å². The van der Waals surface area contributed by atoms with E-state index in [1.54, 1.807) is 6.07 Å². The predicted molar refractivity (Wildman–Crippen MR) is 118 cm³/mol. The van der Waals surface area contributed by atoms with Crippen LogP contribution >= 0.6 is 35.6 Å². The SMILES string of the molecule is CCNC(=NCC(O)c1cccc(Cl)c1)N1CCC(N2CC=CC2)C1.I. The van der Waals surface area contributed by atoms with Crippen LogP contribution in [0.5, 0.6) is 0 Å². The molecule has 2 atom stereocenters. The van der Waals surface area contributed by atoms with Crippen molar-refractivity contribution in [3.8, 4) is 0 Å². The minimum absolute atomic E-state index is 0. The molecule has 0 bridgehead atoms. The fraction of sp³-hybridized carbons (Fsp3) is 0.526. The lowest BCUT2D eigenvalue weighted by molar-refractivity contribution is 0.186. The second kappa shape index (κ2) is 10.5. The molecular formula is C19H28ClIN4O. The van der Waals surface area contributed by atoms with Gasteiger partial charge >= 0.3 is 0 Å².